The highest BCUT2D eigenvalue weighted by Gasteiger charge is 2.10. The second-order valence-corrected chi connectivity index (χ2v) is 6.38. The second-order valence-electron chi connectivity index (χ2n) is 6.38. The van der Waals surface area contributed by atoms with E-state index in [1.54, 1.807) is 18.3 Å². The molecule has 0 spiro atoms. The van der Waals surface area contributed by atoms with Crippen molar-refractivity contribution in [3.05, 3.63) is 82.2 Å². The van der Waals surface area contributed by atoms with E-state index < -0.39 is 0 Å². The molecule has 1 amide bonds. The summed E-state index contributed by atoms with van der Waals surface area (Å²) < 4.78 is 19.8. The van der Waals surface area contributed by atoms with Crippen molar-refractivity contribution >= 4 is 5.91 Å². The van der Waals surface area contributed by atoms with Crippen molar-refractivity contribution in [2.24, 2.45) is 0 Å². The predicted octanol–water partition coefficient (Wildman–Crippen LogP) is 3.30. The van der Waals surface area contributed by atoms with Gasteiger partial charge < -0.3 is 10.1 Å². The minimum absolute atomic E-state index is 0.185. The van der Waals surface area contributed by atoms with Crippen LogP contribution in [-0.4, -0.2) is 20.7 Å². The molecular formula is C21H21FN4O3. The third kappa shape index (κ3) is 5.71. The molecule has 3 rings (SSSR count). The topological polar surface area (TPSA) is 86.1 Å². The summed E-state index contributed by atoms with van der Waals surface area (Å²) in [6, 6.07) is 11.8. The van der Waals surface area contributed by atoms with E-state index in [1.807, 2.05) is 6.92 Å². The smallest absolute Gasteiger partial charge is 0.271 e. The molecule has 29 heavy (non-hydrogen) atoms. The van der Waals surface area contributed by atoms with Crippen LogP contribution in [-0.2, 0) is 13.1 Å². The predicted molar refractivity (Wildman–Crippen MR) is 105 cm³/mol. The van der Waals surface area contributed by atoms with Crippen LogP contribution in [0.4, 0.5) is 4.39 Å². The number of carbonyl (C=O) groups is 1. The standard InChI is InChI=1S/C21H21FN4O3/c1-2-3-12-26-20(27)11-9-18(25-26)21(28)24-14-15-4-10-19(23-13-15)29-17-7-5-16(22)6-8-17/h4-11,13H,2-3,12,14H2,1H3,(H,24,28). The first kappa shape index (κ1) is 20.2. The minimum atomic E-state index is -0.373. The fraction of sp³-hybridized carbons (Fsp3) is 0.238. The summed E-state index contributed by atoms with van der Waals surface area (Å²) in [5.74, 6) is 0.120. The Balaban J connectivity index is 1.57. The van der Waals surface area contributed by atoms with E-state index in [-0.39, 0.29) is 29.5 Å². The van der Waals surface area contributed by atoms with Crippen molar-refractivity contribution in [3.8, 4) is 11.6 Å². The Hall–Kier alpha value is -3.55. The number of rotatable bonds is 8. The van der Waals surface area contributed by atoms with Crippen LogP contribution in [0.1, 0.15) is 35.8 Å². The normalized spacial score (nSPS) is 10.6. The molecule has 0 aliphatic heterocycles. The number of hydrogen-bond donors (Lipinski definition) is 1. The SMILES string of the molecule is CCCCn1nc(C(=O)NCc2ccc(Oc3ccc(F)cc3)nc2)ccc1=O. The number of nitrogens with zero attached hydrogens (tertiary/aromatic N) is 3. The van der Waals surface area contributed by atoms with Gasteiger partial charge in [-0.3, -0.25) is 9.59 Å². The van der Waals surface area contributed by atoms with E-state index in [2.05, 4.69) is 15.4 Å². The van der Waals surface area contributed by atoms with Gasteiger partial charge in [-0.15, -0.1) is 0 Å². The molecule has 0 saturated carbocycles. The first-order chi connectivity index (χ1) is 14.0. The van der Waals surface area contributed by atoms with E-state index >= 15 is 0 Å². The lowest BCUT2D eigenvalue weighted by Gasteiger charge is -2.08. The van der Waals surface area contributed by atoms with Crippen molar-refractivity contribution in [1.29, 1.82) is 0 Å². The number of carbonyl (C=O) groups excluding carboxylic acids is 1. The maximum atomic E-state index is 12.9. The van der Waals surface area contributed by atoms with Gasteiger partial charge in [0.1, 0.15) is 17.3 Å². The number of halogens is 1. The quantitative estimate of drug-likeness (QED) is 0.631. The summed E-state index contributed by atoms with van der Waals surface area (Å²) in [5.41, 5.74) is 0.727. The van der Waals surface area contributed by atoms with Crippen molar-refractivity contribution in [2.75, 3.05) is 0 Å². The van der Waals surface area contributed by atoms with Gasteiger partial charge in [-0.05, 0) is 42.3 Å². The first-order valence-electron chi connectivity index (χ1n) is 9.30. The fourth-order valence-electron chi connectivity index (χ4n) is 2.51. The minimum Gasteiger partial charge on any atom is -0.439 e. The monoisotopic (exact) mass is 396 g/mol. The molecule has 0 bridgehead atoms. The third-order valence-corrected chi connectivity index (χ3v) is 4.11. The van der Waals surface area contributed by atoms with Gasteiger partial charge in [-0.1, -0.05) is 19.4 Å². The Kier molecular flexibility index (Phi) is 6.67. The zero-order chi connectivity index (χ0) is 20.6. The molecule has 0 aliphatic carbocycles. The number of hydrogen-bond acceptors (Lipinski definition) is 5. The lowest BCUT2D eigenvalue weighted by molar-refractivity contribution is 0.0943. The summed E-state index contributed by atoms with van der Waals surface area (Å²) in [6.07, 6.45) is 3.32. The molecule has 0 aliphatic rings. The zero-order valence-corrected chi connectivity index (χ0v) is 16.0. The molecule has 8 heteroatoms. The van der Waals surface area contributed by atoms with Gasteiger partial charge in [0.15, 0.2) is 0 Å². The summed E-state index contributed by atoms with van der Waals surface area (Å²) in [5, 5.41) is 6.87. The zero-order valence-electron chi connectivity index (χ0n) is 16.0. The molecular weight excluding hydrogens is 375 g/mol. The summed E-state index contributed by atoms with van der Waals surface area (Å²) >= 11 is 0. The summed E-state index contributed by atoms with van der Waals surface area (Å²) in [6.45, 7) is 2.75. The highest BCUT2D eigenvalue weighted by molar-refractivity contribution is 5.91. The van der Waals surface area contributed by atoms with E-state index in [9.17, 15) is 14.0 Å². The number of benzene rings is 1. The fourth-order valence-corrected chi connectivity index (χ4v) is 2.51. The van der Waals surface area contributed by atoms with Gasteiger partial charge in [0.25, 0.3) is 11.5 Å². The highest BCUT2D eigenvalue weighted by Crippen LogP contribution is 2.19. The van der Waals surface area contributed by atoms with Gasteiger partial charge in [0.2, 0.25) is 5.88 Å². The van der Waals surface area contributed by atoms with Crippen molar-refractivity contribution in [2.45, 2.75) is 32.9 Å². The molecule has 2 heterocycles. The van der Waals surface area contributed by atoms with E-state index in [0.29, 0.717) is 18.2 Å². The highest BCUT2D eigenvalue weighted by atomic mass is 19.1. The summed E-state index contributed by atoms with van der Waals surface area (Å²) in [7, 11) is 0. The van der Waals surface area contributed by atoms with Crippen LogP contribution in [0.2, 0.25) is 0 Å². The third-order valence-electron chi connectivity index (χ3n) is 4.11. The van der Waals surface area contributed by atoms with Gasteiger partial charge in [-0.2, -0.15) is 5.10 Å². The molecule has 0 saturated heterocycles. The number of ether oxygens (including phenoxy) is 1. The number of pyridine rings is 1. The number of aromatic nitrogens is 3. The molecule has 0 unspecified atom stereocenters. The Morgan fingerprint density at radius 2 is 1.93 bits per heavy atom. The van der Waals surface area contributed by atoms with Gasteiger partial charge in [0.05, 0.1) is 0 Å². The Morgan fingerprint density at radius 1 is 1.14 bits per heavy atom. The maximum absolute atomic E-state index is 12.9. The molecule has 1 N–H and O–H groups in total. The number of unbranched alkanes of at least 4 members (excludes halogenated alkanes) is 1. The molecule has 3 aromatic rings. The Morgan fingerprint density at radius 3 is 2.62 bits per heavy atom. The van der Waals surface area contributed by atoms with Gasteiger partial charge in [0, 0.05) is 31.4 Å². The van der Waals surface area contributed by atoms with Crippen molar-refractivity contribution in [1.82, 2.24) is 20.1 Å². The molecule has 0 fully saturated rings. The van der Waals surface area contributed by atoms with Crippen LogP contribution in [0.15, 0.2) is 59.5 Å². The largest absolute Gasteiger partial charge is 0.439 e. The van der Waals surface area contributed by atoms with Crippen LogP contribution in [0.5, 0.6) is 11.6 Å². The lowest BCUT2D eigenvalue weighted by atomic mass is 10.2. The number of aryl methyl sites for hydroxylation is 1. The molecule has 150 valence electrons. The van der Waals surface area contributed by atoms with Crippen molar-refractivity contribution < 1.29 is 13.9 Å². The number of amides is 1. The molecule has 2 aromatic heterocycles. The average Bonchev–Trinajstić information content (AvgIpc) is 2.74. The van der Waals surface area contributed by atoms with E-state index in [4.69, 9.17) is 4.74 Å². The molecule has 0 radical (unpaired) electrons. The molecule has 0 atom stereocenters. The van der Waals surface area contributed by atoms with Gasteiger partial charge >= 0.3 is 0 Å². The Bertz CT molecular complexity index is 1020. The average molecular weight is 396 g/mol. The van der Waals surface area contributed by atoms with Crippen LogP contribution in [0.3, 0.4) is 0 Å². The summed E-state index contributed by atoms with van der Waals surface area (Å²) in [4.78, 5) is 28.3. The van der Waals surface area contributed by atoms with Gasteiger partial charge in [-0.25, -0.2) is 14.1 Å². The van der Waals surface area contributed by atoms with Crippen LogP contribution in [0.25, 0.3) is 0 Å². The Labute approximate surface area is 167 Å². The lowest BCUT2D eigenvalue weighted by Crippen LogP contribution is -2.29. The molecule has 7 nitrogen and oxygen atoms in total. The van der Waals surface area contributed by atoms with Crippen LogP contribution in [0, 0.1) is 5.82 Å². The van der Waals surface area contributed by atoms with Crippen molar-refractivity contribution in [3.63, 3.8) is 0 Å². The maximum Gasteiger partial charge on any atom is 0.271 e. The first-order valence-corrected chi connectivity index (χ1v) is 9.30. The van der Waals surface area contributed by atoms with E-state index in [0.717, 1.165) is 18.4 Å². The number of nitrogens with one attached hydrogen (secondary N) is 1. The second kappa shape index (κ2) is 9.59. The van der Waals surface area contributed by atoms with Crippen LogP contribution < -0.4 is 15.6 Å². The van der Waals surface area contributed by atoms with E-state index in [1.165, 1.54) is 41.1 Å². The van der Waals surface area contributed by atoms with Crippen LogP contribution >= 0.6 is 0 Å². The molecule has 1 aromatic carbocycles.